The van der Waals surface area contributed by atoms with Crippen LogP contribution in [0.2, 0.25) is 0 Å². The molecule has 0 unspecified atom stereocenters. The number of aromatic nitrogens is 3. The molecule has 5 rings (SSSR count). The van der Waals surface area contributed by atoms with Crippen LogP contribution in [0.4, 0.5) is 5.82 Å². The number of benzene rings is 2. The van der Waals surface area contributed by atoms with Gasteiger partial charge in [-0.05, 0) is 41.5 Å². The number of morpholine rings is 1. The molecule has 0 atom stereocenters. The topological polar surface area (TPSA) is 88.5 Å². The third-order valence-corrected chi connectivity index (χ3v) is 7.73. The van der Waals surface area contributed by atoms with Crippen LogP contribution in [0.3, 0.4) is 0 Å². The van der Waals surface area contributed by atoms with Gasteiger partial charge in [-0.1, -0.05) is 24.3 Å². The predicted octanol–water partition coefficient (Wildman–Crippen LogP) is 3.35. The van der Waals surface area contributed by atoms with E-state index in [-0.39, 0.29) is 11.4 Å². The van der Waals surface area contributed by atoms with Gasteiger partial charge in [0.15, 0.2) is 0 Å². The lowest BCUT2D eigenvalue weighted by atomic mass is 10.0. The van der Waals surface area contributed by atoms with Crippen molar-refractivity contribution in [3.05, 3.63) is 78.9 Å². The number of anilines is 1. The molecular formula is C25H25N5O3S. The first-order valence-electron chi connectivity index (χ1n) is 11.1. The lowest BCUT2D eigenvalue weighted by Gasteiger charge is -2.28. The quantitative estimate of drug-likeness (QED) is 0.423. The molecule has 0 N–H and O–H groups in total. The number of fused-ring (bicyclic) bond motifs is 1. The molecule has 4 aromatic rings. The molecule has 0 radical (unpaired) electrons. The highest BCUT2D eigenvalue weighted by Gasteiger charge is 2.21. The lowest BCUT2D eigenvalue weighted by molar-refractivity contribution is 0.122. The normalized spacial score (nSPS) is 14.6. The fourth-order valence-corrected chi connectivity index (χ4v) is 5.28. The predicted molar refractivity (Wildman–Crippen MR) is 131 cm³/mol. The summed E-state index contributed by atoms with van der Waals surface area (Å²) in [5.41, 5.74) is 3.55. The molecule has 0 aliphatic carbocycles. The summed E-state index contributed by atoms with van der Waals surface area (Å²) in [6.07, 6.45) is 5.08. The van der Waals surface area contributed by atoms with Crippen molar-refractivity contribution in [1.29, 1.82) is 0 Å². The van der Waals surface area contributed by atoms with Crippen LogP contribution < -0.4 is 4.90 Å². The SMILES string of the molecule is CN(Cc1cncc(-c2ccc3ncnc(N4CCOCC4)c3c2)c1)S(=O)(=O)c1ccccc1. The summed E-state index contributed by atoms with van der Waals surface area (Å²) >= 11 is 0. The van der Waals surface area contributed by atoms with E-state index in [0.717, 1.165) is 46.5 Å². The van der Waals surface area contributed by atoms with Gasteiger partial charge in [0.2, 0.25) is 10.0 Å². The first kappa shape index (κ1) is 22.4. The maximum absolute atomic E-state index is 12.9. The monoisotopic (exact) mass is 475 g/mol. The standard InChI is InChI=1S/C25H25N5O3S/c1-29(34(31,32)22-5-3-2-4-6-22)17-19-13-21(16-26-15-19)20-7-8-24-23(14-20)25(28-18-27-24)30-9-11-33-12-10-30/h2-8,13-16,18H,9-12,17H2,1H3. The number of hydrogen-bond donors (Lipinski definition) is 0. The summed E-state index contributed by atoms with van der Waals surface area (Å²) in [4.78, 5) is 15.8. The van der Waals surface area contributed by atoms with Crippen LogP contribution in [0, 0.1) is 0 Å². The summed E-state index contributed by atoms with van der Waals surface area (Å²) in [5, 5.41) is 0.969. The average molecular weight is 476 g/mol. The first-order valence-corrected chi connectivity index (χ1v) is 12.5. The summed E-state index contributed by atoms with van der Waals surface area (Å²) < 4.78 is 32.6. The largest absolute Gasteiger partial charge is 0.378 e. The van der Waals surface area contributed by atoms with Gasteiger partial charge in [-0.3, -0.25) is 4.98 Å². The van der Waals surface area contributed by atoms with Crippen LogP contribution in [0.1, 0.15) is 5.56 Å². The summed E-state index contributed by atoms with van der Waals surface area (Å²) in [7, 11) is -2.01. The highest BCUT2D eigenvalue weighted by Crippen LogP contribution is 2.29. The summed E-state index contributed by atoms with van der Waals surface area (Å²) in [6.45, 7) is 3.14. The van der Waals surface area contributed by atoms with E-state index in [9.17, 15) is 8.42 Å². The molecule has 1 fully saturated rings. The highest BCUT2D eigenvalue weighted by atomic mass is 32.2. The van der Waals surface area contributed by atoms with E-state index in [1.54, 1.807) is 56.1 Å². The molecule has 1 aliphatic heterocycles. The van der Waals surface area contributed by atoms with Gasteiger partial charge < -0.3 is 9.64 Å². The Bertz CT molecular complexity index is 1410. The number of pyridine rings is 1. The van der Waals surface area contributed by atoms with Crippen LogP contribution in [0.15, 0.2) is 78.2 Å². The number of rotatable bonds is 6. The van der Waals surface area contributed by atoms with Crippen LogP contribution >= 0.6 is 0 Å². The first-order chi connectivity index (χ1) is 16.5. The molecule has 34 heavy (non-hydrogen) atoms. The van der Waals surface area contributed by atoms with Gasteiger partial charge in [0.1, 0.15) is 12.1 Å². The molecule has 0 spiro atoms. The second-order valence-corrected chi connectivity index (χ2v) is 10.2. The van der Waals surface area contributed by atoms with Gasteiger partial charge in [-0.25, -0.2) is 18.4 Å². The molecule has 1 saturated heterocycles. The maximum atomic E-state index is 12.9. The Kier molecular flexibility index (Phi) is 6.23. The third-order valence-electron chi connectivity index (χ3n) is 5.91. The van der Waals surface area contributed by atoms with Crippen LogP contribution in [0.5, 0.6) is 0 Å². The molecule has 2 aromatic heterocycles. The molecule has 8 nitrogen and oxygen atoms in total. The Morgan fingerprint density at radius 2 is 1.76 bits per heavy atom. The maximum Gasteiger partial charge on any atom is 0.243 e. The average Bonchev–Trinajstić information content (AvgIpc) is 2.89. The van der Waals surface area contributed by atoms with E-state index in [1.165, 1.54) is 4.31 Å². The van der Waals surface area contributed by atoms with Crippen molar-refractivity contribution in [2.24, 2.45) is 0 Å². The lowest BCUT2D eigenvalue weighted by Crippen LogP contribution is -2.36. The fraction of sp³-hybridized carbons (Fsp3) is 0.240. The summed E-state index contributed by atoms with van der Waals surface area (Å²) in [6, 6.07) is 16.5. The number of hydrogen-bond acceptors (Lipinski definition) is 7. The minimum Gasteiger partial charge on any atom is -0.378 e. The Hall–Kier alpha value is -3.40. The van der Waals surface area contributed by atoms with Gasteiger partial charge in [0, 0.05) is 50.0 Å². The van der Waals surface area contributed by atoms with Gasteiger partial charge >= 0.3 is 0 Å². The Morgan fingerprint density at radius 3 is 2.56 bits per heavy atom. The molecule has 0 saturated carbocycles. The van der Waals surface area contributed by atoms with E-state index in [4.69, 9.17) is 4.74 Å². The molecule has 0 amide bonds. The van der Waals surface area contributed by atoms with Crippen molar-refractivity contribution in [1.82, 2.24) is 19.3 Å². The molecular weight excluding hydrogens is 450 g/mol. The minimum absolute atomic E-state index is 0.216. The van der Waals surface area contributed by atoms with Crippen molar-refractivity contribution < 1.29 is 13.2 Å². The van der Waals surface area contributed by atoms with Gasteiger partial charge in [0.25, 0.3) is 0 Å². The minimum atomic E-state index is -3.59. The smallest absolute Gasteiger partial charge is 0.243 e. The second-order valence-electron chi connectivity index (χ2n) is 8.18. The van der Waals surface area contributed by atoms with E-state index < -0.39 is 10.0 Å². The van der Waals surface area contributed by atoms with E-state index in [0.29, 0.717) is 13.2 Å². The molecule has 174 valence electrons. The number of nitrogens with zero attached hydrogens (tertiary/aromatic N) is 5. The van der Waals surface area contributed by atoms with E-state index in [1.807, 2.05) is 18.2 Å². The van der Waals surface area contributed by atoms with E-state index >= 15 is 0 Å². The van der Waals surface area contributed by atoms with E-state index in [2.05, 4.69) is 25.9 Å². The zero-order valence-electron chi connectivity index (χ0n) is 18.8. The fourth-order valence-electron chi connectivity index (χ4n) is 4.10. The van der Waals surface area contributed by atoms with Crippen molar-refractivity contribution in [2.75, 3.05) is 38.3 Å². The Balaban J connectivity index is 1.44. The van der Waals surface area contributed by atoms with Crippen molar-refractivity contribution in [3.63, 3.8) is 0 Å². The molecule has 3 heterocycles. The van der Waals surface area contributed by atoms with Crippen LogP contribution in [-0.2, 0) is 21.3 Å². The van der Waals surface area contributed by atoms with Crippen molar-refractivity contribution in [3.8, 4) is 11.1 Å². The van der Waals surface area contributed by atoms with Gasteiger partial charge in [-0.2, -0.15) is 4.31 Å². The number of ether oxygens (including phenoxy) is 1. The zero-order valence-corrected chi connectivity index (χ0v) is 19.6. The van der Waals surface area contributed by atoms with Crippen LogP contribution in [-0.4, -0.2) is 61.0 Å². The zero-order chi connectivity index (χ0) is 23.5. The van der Waals surface area contributed by atoms with Crippen molar-refractivity contribution in [2.45, 2.75) is 11.4 Å². The molecule has 2 aromatic carbocycles. The third kappa shape index (κ3) is 4.50. The van der Waals surface area contributed by atoms with Crippen molar-refractivity contribution >= 4 is 26.7 Å². The summed E-state index contributed by atoms with van der Waals surface area (Å²) in [5.74, 6) is 0.896. The second kappa shape index (κ2) is 9.46. The molecule has 0 bridgehead atoms. The Morgan fingerprint density at radius 1 is 0.971 bits per heavy atom. The Labute approximate surface area is 198 Å². The van der Waals surface area contributed by atoms with Crippen LogP contribution in [0.25, 0.3) is 22.0 Å². The number of sulfonamides is 1. The molecule has 1 aliphatic rings. The van der Waals surface area contributed by atoms with Gasteiger partial charge in [0.05, 0.1) is 23.6 Å². The van der Waals surface area contributed by atoms with Gasteiger partial charge in [-0.15, -0.1) is 0 Å². The molecule has 9 heteroatoms. The highest BCUT2D eigenvalue weighted by molar-refractivity contribution is 7.89.